The predicted molar refractivity (Wildman–Crippen MR) is 155 cm³/mol. The van der Waals surface area contributed by atoms with Gasteiger partial charge >= 0.3 is 0 Å². The normalized spacial score (nSPS) is 16.0. The van der Waals surface area contributed by atoms with Crippen molar-refractivity contribution in [2.24, 2.45) is 0 Å². The Balaban J connectivity index is 0.000000219. The van der Waals surface area contributed by atoms with Crippen molar-refractivity contribution in [3.63, 3.8) is 0 Å². The number of hydrogen-bond donors (Lipinski definition) is 1. The number of ether oxygens (including phenoxy) is 1. The molecule has 14 heteroatoms. The van der Waals surface area contributed by atoms with E-state index >= 15 is 0 Å². The van der Waals surface area contributed by atoms with E-state index in [1.165, 1.54) is 4.57 Å². The van der Waals surface area contributed by atoms with Gasteiger partial charge in [-0.3, -0.25) is 4.57 Å². The number of para-hydroxylation sites is 4. The molecule has 3 aromatic heterocycles. The Labute approximate surface area is 242 Å². The topological polar surface area (TPSA) is 88.0 Å². The molecular weight excluding hydrogens is 572 g/mol. The molecule has 5 heterocycles. The fourth-order valence-electron chi connectivity index (χ4n) is 4.90. The maximum Gasteiger partial charge on any atom is 0.296 e. The van der Waals surface area contributed by atoms with Gasteiger partial charge in [-0.25, -0.2) is 27.5 Å². The maximum absolute atomic E-state index is 13.9. The summed E-state index contributed by atoms with van der Waals surface area (Å²) in [6, 6.07) is 16.0. The average Bonchev–Trinajstić information content (AvgIpc) is 3.65. The Morgan fingerprint density at radius 1 is 0.738 bits per heavy atom. The fraction of sp³-hybridized carbons (Fsp3) is 0.357. The van der Waals surface area contributed by atoms with Crippen LogP contribution in [0.5, 0.6) is 0 Å². The number of morpholine rings is 1. The fourth-order valence-corrected chi connectivity index (χ4v) is 5.80. The number of nitrogens with one attached hydrogen (secondary N) is 1. The molecule has 0 spiro atoms. The van der Waals surface area contributed by atoms with Crippen molar-refractivity contribution >= 4 is 45.5 Å². The van der Waals surface area contributed by atoms with Crippen molar-refractivity contribution < 1.29 is 22.3 Å². The zero-order valence-electron chi connectivity index (χ0n) is 22.5. The molecule has 2 fully saturated rings. The van der Waals surface area contributed by atoms with Crippen LogP contribution in [0.15, 0.2) is 54.6 Å². The van der Waals surface area contributed by atoms with E-state index in [2.05, 4.69) is 24.8 Å². The van der Waals surface area contributed by atoms with E-state index in [1.54, 1.807) is 42.5 Å². The number of halogens is 4. The van der Waals surface area contributed by atoms with Gasteiger partial charge in [0.15, 0.2) is 11.6 Å². The molecule has 220 valence electrons. The summed E-state index contributed by atoms with van der Waals surface area (Å²) in [4.78, 5) is 24.1. The number of rotatable bonds is 5. The van der Waals surface area contributed by atoms with Gasteiger partial charge in [0.05, 0.1) is 35.3 Å². The summed E-state index contributed by atoms with van der Waals surface area (Å²) in [6.45, 7) is 4.39. The predicted octanol–water partition coefficient (Wildman–Crippen LogP) is 5.64. The molecule has 0 amide bonds. The first kappa shape index (κ1) is 28.2. The molecule has 5 aromatic rings. The third kappa shape index (κ3) is 6.00. The smallest absolute Gasteiger partial charge is 0.296 e. The average molecular weight is 601 g/mol. The Hall–Kier alpha value is -3.91. The van der Waals surface area contributed by atoms with Crippen molar-refractivity contribution in [2.75, 3.05) is 60.7 Å². The van der Waals surface area contributed by atoms with Gasteiger partial charge in [-0.2, -0.15) is 21.7 Å². The minimum absolute atomic E-state index is 0.233. The van der Waals surface area contributed by atoms with Crippen LogP contribution >= 0.6 is 11.8 Å². The van der Waals surface area contributed by atoms with Crippen molar-refractivity contribution in [3.8, 4) is 5.95 Å². The lowest BCUT2D eigenvalue weighted by Crippen LogP contribution is -2.38. The van der Waals surface area contributed by atoms with Gasteiger partial charge in [-0.05, 0) is 24.3 Å². The molecule has 42 heavy (non-hydrogen) atoms. The van der Waals surface area contributed by atoms with Crippen LogP contribution in [0.1, 0.15) is 24.5 Å². The lowest BCUT2D eigenvalue weighted by Gasteiger charge is -2.31. The number of imidazole rings is 2. The van der Waals surface area contributed by atoms with Crippen LogP contribution in [-0.4, -0.2) is 80.4 Å². The van der Waals surface area contributed by atoms with E-state index in [0.717, 1.165) is 36.2 Å². The van der Waals surface area contributed by atoms with Crippen LogP contribution in [0.2, 0.25) is 0 Å². The Morgan fingerprint density at radius 2 is 1.38 bits per heavy atom. The van der Waals surface area contributed by atoms with E-state index in [4.69, 9.17) is 14.7 Å². The molecule has 7 rings (SSSR count). The third-order valence-corrected chi connectivity index (χ3v) is 7.90. The molecule has 2 aromatic carbocycles. The summed E-state index contributed by atoms with van der Waals surface area (Å²) in [7, 11) is 0. The number of hydrogen-bond acceptors (Lipinski definition) is 8. The summed E-state index contributed by atoms with van der Waals surface area (Å²) in [5.41, 5.74) is 2.30. The van der Waals surface area contributed by atoms with E-state index in [9.17, 15) is 17.6 Å². The Bertz CT molecular complexity index is 1580. The Kier molecular flexibility index (Phi) is 8.42. The van der Waals surface area contributed by atoms with Gasteiger partial charge in [0.1, 0.15) is 11.6 Å². The second-order valence-electron chi connectivity index (χ2n) is 9.62. The van der Waals surface area contributed by atoms with Crippen LogP contribution in [0.25, 0.3) is 28.0 Å². The molecule has 0 saturated carbocycles. The van der Waals surface area contributed by atoms with E-state index in [-0.39, 0.29) is 17.6 Å². The lowest BCUT2D eigenvalue weighted by atomic mass is 10.3. The second kappa shape index (κ2) is 12.5. The summed E-state index contributed by atoms with van der Waals surface area (Å²) in [5, 5.41) is 0. The summed E-state index contributed by atoms with van der Waals surface area (Å²) in [6.07, 6.45) is -5.26. The first-order valence-electron chi connectivity index (χ1n) is 13.5. The number of aromatic amines is 1. The molecule has 0 radical (unpaired) electrons. The molecular formula is C28H28F4N8OS. The first-order chi connectivity index (χ1) is 20.5. The molecule has 2 aliphatic heterocycles. The molecule has 2 saturated heterocycles. The first-order valence-corrected chi connectivity index (χ1v) is 14.7. The molecule has 2 aliphatic rings. The van der Waals surface area contributed by atoms with Gasteiger partial charge in [0.2, 0.25) is 5.95 Å². The summed E-state index contributed by atoms with van der Waals surface area (Å²) in [5.74, 6) is 3.16. The van der Waals surface area contributed by atoms with Gasteiger partial charge in [0, 0.05) is 43.8 Å². The molecule has 0 bridgehead atoms. The monoisotopic (exact) mass is 600 g/mol. The number of thioether (sulfide) groups is 1. The van der Waals surface area contributed by atoms with Gasteiger partial charge in [-0.15, -0.1) is 0 Å². The van der Waals surface area contributed by atoms with Crippen molar-refractivity contribution in [1.29, 1.82) is 0 Å². The highest BCUT2D eigenvalue weighted by molar-refractivity contribution is 7.99. The molecule has 0 atom stereocenters. The number of nitrogens with zero attached hydrogens (tertiary/aromatic N) is 7. The summed E-state index contributed by atoms with van der Waals surface area (Å²) >= 11 is 1.91. The number of aromatic nitrogens is 6. The van der Waals surface area contributed by atoms with E-state index in [1.807, 2.05) is 23.9 Å². The molecule has 0 aliphatic carbocycles. The van der Waals surface area contributed by atoms with Crippen LogP contribution < -0.4 is 9.80 Å². The number of H-pyrrole nitrogens is 1. The standard InChI is InChI=1S/C20H22F2N6OS.C8H6F2N2/c21-18(22)19-23-14-3-1-2-4-15(14)28(19)20-24-16(26-5-9-29-10-6-26)13-17(25-20)27-7-11-30-12-8-27;9-7(10)8-11-5-3-1-2-4-6(5)12-8/h1-4,13,18H,5-12H2;1-4,7H,(H,11,12). The second-order valence-corrected chi connectivity index (χ2v) is 10.8. The van der Waals surface area contributed by atoms with Gasteiger partial charge in [0.25, 0.3) is 12.9 Å². The van der Waals surface area contributed by atoms with E-state index in [0.29, 0.717) is 48.4 Å². The van der Waals surface area contributed by atoms with E-state index < -0.39 is 12.9 Å². The highest BCUT2D eigenvalue weighted by Gasteiger charge is 2.25. The number of anilines is 2. The van der Waals surface area contributed by atoms with Crippen molar-refractivity contribution in [3.05, 3.63) is 66.2 Å². The minimum atomic E-state index is -2.73. The van der Waals surface area contributed by atoms with Crippen LogP contribution in [0.3, 0.4) is 0 Å². The summed E-state index contributed by atoms with van der Waals surface area (Å²) < 4.78 is 58.8. The zero-order valence-corrected chi connectivity index (χ0v) is 23.3. The van der Waals surface area contributed by atoms with Crippen molar-refractivity contribution in [1.82, 2.24) is 29.5 Å². The number of benzene rings is 2. The van der Waals surface area contributed by atoms with Crippen LogP contribution in [0, 0.1) is 0 Å². The van der Waals surface area contributed by atoms with Gasteiger partial charge in [-0.1, -0.05) is 24.3 Å². The largest absolute Gasteiger partial charge is 0.378 e. The maximum atomic E-state index is 13.9. The third-order valence-electron chi connectivity index (χ3n) is 6.95. The highest BCUT2D eigenvalue weighted by Crippen LogP contribution is 2.30. The van der Waals surface area contributed by atoms with Gasteiger partial charge < -0.3 is 19.5 Å². The molecule has 1 N–H and O–H groups in total. The quantitative estimate of drug-likeness (QED) is 0.259. The Morgan fingerprint density at radius 3 is 2.05 bits per heavy atom. The van der Waals surface area contributed by atoms with Crippen LogP contribution in [0.4, 0.5) is 29.2 Å². The highest BCUT2D eigenvalue weighted by atomic mass is 32.2. The SMILES string of the molecule is FC(F)c1nc2ccccc2[nH]1.FC(F)c1nc2ccccc2n1-c1nc(N2CCOCC2)cc(N2CCSCC2)n1. The number of alkyl halides is 4. The molecule has 9 nitrogen and oxygen atoms in total. The van der Waals surface area contributed by atoms with Crippen LogP contribution in [-0.2, 0) is 4.74 Å². The molecule has 0 unspecified atom stereocenters. The van der Waals surface area contributed by atoms with Crippen molar-refractivity contribution in [2.45, 2.75) is 12.9 Å². The number of fused-ring (bicyclic) bond motifs is 2. The lowest BCUT2D eigenvalue weighted by molar-refractivity contribution is 0.122. The zero-order chi connectivity index (χ0) is 29.1. The minimum Gasteiger partial charge on any atom is -0.378 e.